The van der Waals surface area contributed by atoms with Gasteiger partial charge in [0.1, 0.15) is 23.7 Å². The summed E-state index contributed by atoms with van der Waals surface area (Å²) in [6.45, 7) is 1.37. The molecule has 5 rings (SSSR count). The number of carbonyl (C=O) groups excluding carboxylic acids is 3. The van der Waals surface area contributed by atoms with Gasteiger partial charge in [-0.2, -0.15) is 0 Å². The van der Waals surface area contributed by atoms with Gasteiger partial charge in [-0.05, 0) is 19.1 Å². The second-order valence-corrected chi connectivity index (χ2v) is 9.23. The third-order valence-corrected chi connectivity index (χ3v) is 6.64. The smallest absolute Gasteiger partial charge is 0.411 e. The number of anilines is 1. The van der Waals surface area contributed by atoms with Crippen molar-refractivity contribution in [1.29, 1.82) is 0 Å². The number of hydrogen-bond donors (Lipinski definition) is 5. The van der Waals surface area contributed by atoms with Crippen LogP contribution in [0.5, 0.6) is 11.5 Å². The van der Waals surface area contributed by atoms with Gasteiger partial charge in [0.15, 0.2) is 11.6 Å². The predicted molar refractivity (Wildman–Crippen MR) is 127 cm³/mol. The first kappa shape index (κ1) is 23.5. The van der Waals surface area contributed by atoms with Crippen molar-refractivity contribution >= 4 is 23.3 Å². The lowest BCUT2D eigenvalue weighted by Gasteiger charge is -2.37. The lowest BCUT2D eigenvalue weighted by atomic mass is 9.73. The Morgan fingerprint density at radius 3 is 2.19 bits per heavy atom. The maximum atomic E-state index is 13.1. The maximum absolute atomic E-state index is 13.1. The number of aliphatic hydroxyl groups is 2. The first-order valence-electron chi connectivity index (χ1n) is 11.3. The van der Waals surface area contributed by atoms with Crippen LogP contribution < -0.4 is 5.32 Å². The average Bonchev–Trinajstić information content (AvgIpc) is 2.84. The van der Waals surface area contributed by atoms with Crippen molar-refractivity contribution in [2.24, 2.45) is 0 Å². The van der Waals surface area contributed by atoms with E-state index in [1.165, 1.54) is 12.1 Å². The van der Waals surface area contributed by atoms with E-state index in [1.54, 1.807) is 36.4 Å². The Morgan fingerprint density at radius 1 is 1.00 bits per heavy atom. The van der Waals surface area contributed by atoms with Crippen LogP contribution >= 0.6 is 0 Å². The van der Waals surface area contributed by atoms with Gasteiger partial charge in [0.2, 0.25) is 0 Å². The summed E-state index contributed by atoms with van der Waals surface area (Å²) in [6.07, 6.45) is -3.02. The Hall–Kier alpha value is -4.21. The average molecular weight is 489 g/mol. The molecule has 9 nitrogen and oxygen atoms in total. The summed E-state index contributed by atoms with van der Waals surface area (Å²) in [5.74, 6) is -2.53. The monoisotopic (exact) mass is 489 g/mol. The molecule has 0 heterocycles. The normalized spacial score (nSPS) is 20.2. The summed E-state index contributed by atoms with van der Waals surface area (Å²) in [5.41, 5.74) is -1.15. The summed E-state index contributed by atoms with van der Waals surface area (Å²) >= 11 is 0. The minimum Gasteiger partial charge on any atom is -0.507 e. The minimum atomic E-state index is -1.81. The number of aryl methyl sites for hydroxylation is 1. The number of rotatable bonds is 3. The van der Waals surface area contributed by atoms with Crippen molar-refractivity contribution in [3.8, 4) is 11.5 Å². The molecule has 9 heteroatoms. The molecule has 2 aliphatic rings. The van der Waals surface area contributed by atoms with Crippen molar-refractivity contribution in [2.45, 2.75) is 31.5 Å². The van der Waals surface area contributed by atoms with E-state index < -0.39 is 47.5 Å². The second-order valence-electron chi connectivity index (χ2n) is 9.23. The van der Waals surface area contributed by atoms with E-state index in [4.69, 9.17) is 4.74 Å². The van der Waals surface area contributed by atoms with Gasteiger partial charge in [-0.15, -0.1) is 0 Å². The van der Waals surface area contributed by atoms with Crippen molar-refractivity contribution in [1.82, 2.24) is 0 Å². The number of carbonyl (C=O) groups is 3. The number of phenols is 2. The summed E-state index contributed by atoms with van der Waals surface area (Å²) < 4.78 is 5.17. The zero-order valence-corrected chi connectivity index (χ0v) is 19.2. The lowest BCUT2D eigenvalue weighted by molar-refractivity contribution is -0.0613. The molecule has 0 fully saturated rings. The first-order valence-corrected chi connectivity index (χ1v) is 11.3. The fourth-order valence-corrected chi connectivity index (χ4v) is 4.89. The summed E-state index contributed by atoms with van der Waals surface area (Å²) in [6, 6.07) is 13.0. The van der Waals surface area contributed by atoms with Crippen LogP contribution in [0.15, 0.2) is 48.5 Å². The third kappa shape index (κ3) is 3.78. The predicted octanol–water partition coefficient (Wildman–Crippen LogP) is 3.14. The largest absolute Gasteiger partial charge is 0.507 e. The topological polar surface area (TPSA) is 153 Å². The molecule has 1 amide bonds. The van der Waals surface area contributed by atoms with Crippen LogP contribution in [0.2, 0.25) is 0 Å². The second kappa shape index (κ2) is 8.47. The Balaban J connectivity index is 1.44. The highest BCUT2D eigenvalue weighted by molar-refractivity contribution is 6.30. The number of aromatic hydroxyl groups is 2. The number of phenolic OH excluding ortho intramolecular Hbond substituents is 2. The zero-order valence-electron chi connectivity index (χ0n) is 19.2. The quantitative estimate of drug-likeness (QED) is 0.275. The molecule has 0 aromatic heterocycles. The molecule has 0 unspecified atom stereocenters. The van der Waals surface area contributed by atoms with Gasteiger partial charge in [-0.25, -0.2) is 4.79 Å². The molecule has 3 aromatic carbocycles. The van der Waals surface area contributed by atoms with Gasteiger partial charge in [0.05, 0.1) is 17.2 Å². The number of ether oxygens (including phenoxy) is 1. The molecule has 0 spiro atoms. The number of ketones is 2. The first-order chi connectivity index (χ1) is 17.1. The molecule has 36 heavy (non-hydrogen) atoms. The molecule has 5 N–H and O–H groups in total. The van der Waals surface area contributed by atoms with E-state index in [0.29, 0.717) is 5.69 Å². The van der Waals surface area contributed by atoms with Crippen molar-refractivity contribution < 1.29 is 39.5 Å². The molecule has 2 aliphatic carbocycles. The van der Waals surface area contributed by atoms with Crippen molar-refractivity contribution in [3.63, 3.8) is 0 Å². The molecular formula is C27H23NO8. The summed E-state index contributed by atoms with van der Waals surface area (Å²) in [5, 5.41) is 46.4. The highest BCUT2D eigenvalue weighted by Crippen LogP contribution is 2.50. The maximum Gasteiger partial charge on any atom is 0.411 e. The van der Waals surface area contributed by atoms with Gasteiger partial charge in [-0.3, -0.25) is 14.9 Å². The SMILES string of the molecule is Cc1ccc(NC(=O)OC[C@]2(O)Cc3c(O)c4c(c(O)c3[C@@H](O)C2)C(=O)c2ccccc2C4=O)cc1. The Labute approximate surface area is 205 Å². The van der Waals surface area contributed by atoms with Gasteiger partial charge < -0.3 is 25.2 Å². The molecule has 2 atom stereocenters. The lowest BCUT2D eigenvalue weighted by Crippen LogP contribution is -2.43. The van der Waals surface area contributed by atoms with Crippen LogP contribution in [0.3, 0.4) is 0 Å². The van der Waals surface area contributed by atoms with E-state index in [9.17, 15) is 34.8 Å². The fraction of sp³-hybridized carbons (Fsp3) is 0.222. The molecular weight excluding hydrogens is 466 g/mol. The van der Waals surface area contributed by atoms with Gasteiger partial charge in [0, 0.05) is 40.8 Å². The molecule has 0 saturated carbocycles. The molecule has 184 valence electrons. The van der Waals surface area contributed by atoms with Crippen LogP contribution in [-0.4, -0.2) is 50.3 Å². The highest BCUT2D eigenvalue weighted by atomic mass is 16.6. The number of nitrogens with one attached hydrogen (secondary N) is 1. The van der Waals surface area contributed by atoms with E-state index in [1.807, 2.05) is 6.92 Å². The zero-order chi connectivity index (χ0) is 25.8. The standard InChI is InChI=1S/C27H23NO8/c1-13-6-8-14(9-7-13)28-26(34)36-12-27(35)10-17-19(18(29)11-27)25(33)21-20(24(17)32)22(30)15-4-2-3-5-16(15)23(21)31/h2-9,18,29,32-33,35H,10-12H2,1H3,(H,28,34)/t18-,27-/m0/s1. The molecule has 3 aromatic rings. The van der Waals surface area contributed by atoms with Gasteiger partial charge in [-0.1, -0.05) is 42.0 Å². The van der Waals surface area contributed by atoms with E-state index in [0.717, 1.165) is 5.56 Å². The number of benzene rings is 3. The van der Waals surface area contributed by atoms with Crippen molar-refractivity contribution in [2.75, 3.05) is 11.9 Å². The van der Waals surface area contributed by atoms with Crippen molar-refractivity contribution in [3.05, 3.63) is 87.5 Å². The number of aliphatic hydroxyl groups excluding tert-OH is 1. The Bertz CT molecular complexity index is 1430. The highest BCUT2D eigenvalue weighted by Gasteiger charge is 2.45. The van der Waals surface area contributed by atoms with E-state index >= 15 is 0 Å². The Kier molecular flexibility index (Phi) is 5.54. The van der Waals surface area contributed by atoms with Gasteiger partial charge in [0.25, 0.3) is 0 Å². The minimum absolute atomic E-state index is 0.0763. The summed E-state index contributed by atoms with van der Waals surface area (Å²) in [4.78, 5) is 38.5. The molecule has 0 saturated heterocycles. The number of fused-ring (bicyclic) bond motifs is 3. The fourth-order valence-electron chi connectivity index (χ4n) is 4.89. The third-order valence-electron chi connectivity index (χ3n) is 6.64. The molecule has 0 aliphatic heterocycles. The van der Waals surface area contributed by atoms with Crippen LogP contribution in [-0.2, 0) is 11.2 Å². The number of hydrogen-bond acceptors (Lipinski definition) is 8. The van der Waals surface area contributed by atoms with Gasteiger partial charge >= 0.3 is 6.09 Å². The number of amides is 1. The molecule has 0 radical (unpaired) electrons. The Morgan fingerprint density at radius 2 is 1.58 bits per heavy atom. The van der Waals surface area contributed by atoms with E-state index in [2.05, 4.69) is 5.32 Å². The van der Waals surface area contributed by atoms with Crippen LogP contribution in [0.25, 0.3) is 0 Å². The van der Waals surface area contributed by atoms with E-state index in [-0.39, 0.29) is 46.2 Å². The van der Waals surface area contributed by atoms with Crippen LogP contribution in [0.4, 0.5) is 10.5 Å². The van der Waals surface area contributed by atoms with Crippen LogP contribution in [0, 0.1) is 6.92 Å². The molecule has 0 bridgehead atoms. The van der Waals surface area contributed by atoms with Crippen LogP contribution in [0.1, 0.15) is 61.1 Å². The summed E-state index contributed by atoms with van der Waals surface area (Å²) in [7, 11) is 0.